The first kappa shape index (κ1) is 27.0. The number of esters is 1. The number of methoxy groups -OCH3 is 1. The first-order chi connectivity index (χ1) is 16.8. The number of fused-ring (bicyclic) bond motifs is 1. The zero-order valence-corrected chi connectivity index (χ0v) is 21.6. The van der Waals surface area contributed by atoms with Gasteiger partial charge in [-0.05, 0) is 82.0 Å². The molecule has 0 radical (unpaired) electrons. The van der Waals surface area contributed by atoms with E-state index in [4.69, 9.17) is 14.6 Å². The number of aliphatic hydroxyl groups is 1. The molecule has 0 spiro atoms. The summed E-state index contributed by atoms with van der Waals surface area (Å²) in [4.78, 5) is 37.9. The van der Waals surface area contributed by atoms with Gasteiger partial charge in [0.2, 0.25) is 0 Å². The number of nitrogens with one attached hydrogen (secondary N) is 2. The van der Waals surface area contributed by atoms with Crippen molar-refractivity contribution in [2.45, 2.75) is 58.2 Å². The van der Waals surface area contributed by atoms with Gasteiger partial charge < -0.3 is 25.2 Å². The average Bonchev–Trinajstić information content (AvgIpc) is 3.57. The van der Waals surface area contributed by atoms with Crippen molar-refractivity contribution in [3.8, 4) is 11.8 Å². The summed E-state index contributed by atoms with van der Waals surface area (Å²) in [6.45, 7) is 8.57. The minimum Gasteiger partial charge on any atom is -0.467 e. The molecule has 0 aliphatic heterocycles. The molecule has 8 nitrogen and oxygen atoms in total. The van der Waals surface area contributed by atoms with Crippen molar-refractivity contribution in [3.63, 3.8) is 0 Å². The van der Waals surface area contributed by atoms with Gasteiger partial charge in [-0.2, -0.15) is 0 Å². The molecule has 2 unspecified atom stereocenters. The van der Waals surface area contributed by atoms with Gasteiger partial charge in [0, 0.05) is 23.7 Å². The van der Waals surface area contributed by atoms with E-state index < -0.39 is 35.2 Å². The van der Waals surface area contributed by atoms with E-state index >= 15 is 0 Å². The standard InChI is InChI=1S/C28H34N2O6/c1-27(2,3)36-26(34)30-28(4,5)23(25(33)35-6)29-24(32)21-12-11-18-13-17(7-9-19(18)14-21)8-10-20-15-22(20)16-31/h7,9,11-14,20,22-23,31H,15-16H2,1-6H3,(H,29,32)(H,30,34)/t20?,22?,23-/m1/s1. The number of benzene rings is 2. The Morgan fingerprint density at radius 2 is 1.75 bits per heavy atom. The molecule has 0 aromatic heterocycles. The maximum Gasteiger partial charge on any atom is 0.408 e. The molecule has 1 aliphatic rings. The first-order valence-electron chi connectivity index (χ1n) is 11.9. The molecule has 2 aromatic carbocycles. The Kier molecular flexibility index (Phi) is 7.95. The van der Waals surface area contributed by atoms with Gasteiger partial charge in [-0.1, -0.05) is 24.0 Å². The summed E-state index contributed by atoms with van der Waals surface area (Å²) in [5.74, 6) is 5.70. The molecule has 2 amide bonds. The Morgan fingerprint density at radius 3 is 2.36 bits per heavy atom. The summed E-state index contributed by atoms with van der Waals surface area (Å²) in [6.07, 6.45) is 0.223. The van der Waals surface area contributed by atoms with Crippen LogP contribution in [0.1, 0.15) is 57.0 Å². The molecule has 36 heavy (non-hydrogen) atoms. The maximum absolute atomic E-state index is 13.1. The fraction of sp³-hybridized carbons (Fsp3) is 0.464. The highest BCUT2D eigenvalue weighted by Gasteiger charge is 2.40. The van der Waals surface area contributed by atoms with E-state index in [0.717, 1.165) is 22.8 Å². The van der Waals surface area contributed by atoms with Crippen molar-refractivity contribution in [3.05, 3.63) is 47.5 Å². The second-order valence-electron chi connectivity index (χ2n) is 10.6. The van der Waals surface area contributed by atoms with E-state index in [1.54, 1.807) is 46.8 Å². The number of hydrogen-bond donors (Lipinski definition) is 3. The van der Waals surface area contributed by atoms with Gasteiger partial charge in [0.25, 0.3) is 5.91 Å². The highest BCUT2D eigenvalue weighted by atomic mass is 16.6. The third-order valence-corrected chi connectivity index (χ3v) is 5.92. The molecule has 3 atom stereocenters. The Labute approximate surface area is 211 Å². The van der Waals surface area contributed by atoms with Crippen LogP contribution in [0.25, 0.3) is 10.8 Å². The van der Waals surface area contributed by atoms with E-state index in [1.807, 2.05) is 24.3 Å². The van der Waals surface area contributed by atoms with Crippen molar-refractivity contribution in [2.24, 2.45) is 11.8 Å². The van der Waals surface area contributed by atoms with E-state index in [1.165, 1.54) is 7.11 Å². The van der Waals surface area contributed by atoms with Gasteiger partial charge in [0.1, 0.15) is 11.6 Å². The normalized spacial score (nSPS) is 17.9. The summed E-state index contributed by atoms with van der Waals surface area (Å²) >= 11 is 0. The van der Waals surface area contributed by atoms with Crippen LogP contribution in [0.2, 0.25) is 0 Å². The Hall–Kier alpha value is -3.57. The zero-order chi connectivity index (χ0) is 26.7. The van der Waals surface area contributed by atoms with Crippen LogP contribution in [0.4, 0.5) is 4.79 Å². The molecule has 3 rings (SSSR count). The molecule has 8 heteroatoms. The van der Waals surface area contributed by atoms with Gasteiger partial charge in [-0.3, -0.25) is 4.79 Å². The van der Waals surface area contributed by atoms with Crippen molar-refractivity contribution in [1.82, 2.24) is 10.6 Å². The fourth-order valence-corrected chi connectivity index (χ4v) is 3.77. The predicted octanol–water partition coefficient (Wildman–Crippen LogP) is 3.39. The Bertz CT molecular complexity index is 1220. The lowest BCUT2D eigenvalue weighted by molar-refractivity contribution is -0.144. The monoisotopic (exact) mass is 494 g/mol. The molecule has 3 N–H and O–H groups in total. The smallest absolute Gasteiger partial charge is 0.408 e. The van der Waals surface area contributed by atoms with Gasteiger partial charge in [-0.25, -0.2) is 9.59 Å². The van der Waals surface area contributed by atoms with Crippen molar-refractivity contribution < 1.29 is 29.0 Å². The molecule has 192 valence electrons. The quantitative estimate of drug-likeness (QED) is 0.419. The summed E-state index contributed by atoms with van der Waals surface area (Å²) in [6, 6.07) is 9.77. The number of carbonyl (C=O) groups is 3. The number of ether oxygens (including phenoxy) is 2. The zero-order valence-electron chi connectivity index (χ0n) is 21.6. The highest BCUT2D eigenvalue weighted by Crippen LogP contribution is 2.37. The minimum atomic E-state index is -1.20. The molecule has 1 fully saturated rings. The largest absolute Gasteiger partial charge is 0.467 e. The lowest BCUT2D eigenvalue weighted by Gasteiger charge is -2.34. The van der Waals surface area contributed by atoms with Crippen LogP contribution in [0.3, 0.4) is 0 Å². The Morgan fingerprint density at radius 1 is 1.08 bits per heavy atom. The third-order valence-electron chi connectivity index (χ3n) is 5.92. The minimum absolute atomic E-state index is 0.174. The second kappa shape index (κ2) is 10.6. The summed E-state index contributed by atoms with van der Waals surface area (Å²) in [7, 11) is 1.22. The van der Waals surface area contributed by atoms with Gasteiger partial charge in [-0.15, -0.1) is 0 Å². The number of rotatable bonds is 6. The average molecular weight is 495 g/mol. The molecule has 0 heterocycles. The van der Waals surface area contributed by atoms with E-state index in [-0.39, 0.29) is 18.4 Å². The van der Waals surface area contributed by atoms with Gasteiger partial charge >= 0.3 is 12.1 Å². The van der Waals surface area contributed by atoms with Crippen LogP contribution in [0, 0.1) is 23.7 Å². The topological polar surface area (TPSA) is 114 Å². The number of hydrogen-bond acceptors (Lipinski definition) is 6. The molecule has 0 bridgehead atoms. The SMILES string of the molecule is COC(=O)[C@@H](NC(=O)c1ccc2cc(C#CC3CC3CO)ccc2c1)C(C)(C)NC(=O)OC(C)(C)C. The van der Waals surface area contributed by atoms with Gasteiger partial charge in [0.05, 0.1) is 12.6 Å². The second-order valence-corrected chi connectivity index (χ2v) is 10.6. The molecular weight excluding hydrogens is 460 g/mol. The predicted molar refractivity (Wildman–Crippen MR) is 136 cm³/mol. The van der Waals surface area contributed by atoms with E-state index in [9.17, 15) is 14.4 Å². The van der Waals surface area contributed by atoms with Crippen LogP contribution >= 0.6 is 0 Å². The summed E-state index contributed by atoms with van der Waals surface area (Å²) < 4.78 is 10.2. The molecule has 2 aromatic rings. The number of carbonyl (C=O) groups excluding carboxylic acids is 3. The van der Waals surface area contributed by atoms with Crippen molar-refractivity contribution in [2.75, 3.05) is 13.7 Å². The van der Waals surface area contributed by atoms with Crippen LogP contribution in [0.15, 0.2) is 36.4 Å². The maximum atomic E-state index is 13.1. The van der Waals surface area contributed by atoms with Crippen LogP contribution in [-0.2, 0) is 14.3 Å². The fourth-order valence-electron chi connectivity index (χ4n) is 3.77. The lowest BCUT2D eigenvalue weighted by Crippen LogP contribution is -2.62. The van der Waals surface area contributed by atoms with Crippen molar-refractivity contribution >= 4 is 28.7 Å². The highest BCUT2D eigenvalue weighted by molar-refractivity contribution is 6.00. The first-order valence-corrected chi connectivity index (χ1v) is 11.9. The molecule has 1 aliphatic carbocycles. The summed E-state index contributed by atoms with van der Waals surface area (Å²) in [5.41, 5.74) is -0.705. The van der Waals surface area contributed by atoms with E-state index in [2.05, 4.69) is 22.5 Å². The van der Waals surface area contributed by atoms with Crippen LogP contribution < -0.4 is 10.6 Å². The number of aliphatic hydroxyl groups excluding tert-OH is 1. The van der Waals surface area contributed by atoms with Crippen LogP contribution in [0.5, 0.6) is 0 Å². The van der Waals surface area contributed by atoms with Crippen molar-refractivity contribution in [1.29, 1.82) is 0 Å². The lowest BCUT2D eigenvalue weighted by atomic mass is 9.94. The van der Waals surface area contributed by atoms with Crippen LogP contribution in [-0.4, -0.2) is 54.0 Å². The number of amides is 2. The number of alkyl carbamates (subject to hydrolysis) is 1. The van der Waals surface area contributed by atoms with E-state index in [0.29, 0.717) is 5.56 Å². The summed E-state index contributed by atoms with van der Waals surface area (Å²) in [5, 5.41) is 16.3. The van der Waals surface area contributed by atoms with Gasteiger partial charge in [0.15, 0.2) is 0 Å². The Balaban J connectivity index is 1.76. The molecule has 1 saturated carbocycles. The molecule has 0 saturated heterocycles. The third kappa shape index (κ3) is 6.98. The molecular formula is C28H34N2O6.